The van der Waals surface area contributed by atoms with Crippen molar-refractivity contribution >= 4 is 11.6 Å². The summed E-state index contributed by atoms with van der Waals surface area (Å²) in [5.74, 6) is 0.362. The molecule has 108 valence electrons. The molecule has 0 saturated carbocycles. The number of aliphatic hydroxyl groups is 1. The van der Waals surface area contributed by atoms with Crippen LogP contribution in [-0.4, -0.2) is 53.9 Å². The van der Waals surface area contributed by atoms with Crippen molar-refractivity contribution in [2.45, 2.75) is 25.1 Å². The number of phenolic OH excluding ortho intramolecular Hbond substituents is 1. The molecule has 1 fully saturated rings. The van der Waals surface area contributed by atoms with E-state index < -0.39 is 6.10 Å². The highest BCUT2D eigenvalue weighted by Gasteiger charge is 2.40. The lowest BCUT2D eigenvalue weighted by atomic mass is 10.1. The SMILES string of the molecule is COc1cc2c(cc1O)N(C)C(=O)[C@@H]1C[C@@H](O)CN1C2. The second-order valence-electron chi connectivity index (χ2n) is 5.38. The van der Waals surface area contributed by atoms with Gasteiger partial charge in [-0.1, -0.05) is 0 Å². The van der Waals surface area contributed by atoms with Crippen LogP contribution in [0.15, 0.2) is 12.1 Å². The van der Waals surface area contributed by atoms with Gasteiger partial charge in [-0.05, 0) is 18.1 Å². The monoisotopic (exact) mass is 278 g/mol. The Morgan fingerprint density at radius 1 is 1.40 bits per heavy atom. The Hall–Kier alpha value is -1.79. The maximum absolute atomic E-state index is 12.5. The van der Waals surface area contributed by atoms with Gasteiger partial charge in [-0.25, -0.2) is 0 Å². The van der Waals surface area contributed by atoms with E-state index in [1.165, 1.54) is 7.11 Å². The highest BCUT2D eigenvalue weighted by atomic mass is 16.5. The van der Waals surface area contributed by atoms with Crippen molar-refractivity contribution in [3.8, 4) is 11.5 Å². The number of anilines is 1. The molecule has 2 N–H and O–H groups in total. The Balaban J connectivity index is 2.07. The Morgan fingerprint density at radius 2 is 2.15 bits per heavy atom. The van der Waals surface area contributed by atoms with Gasteiger partial charge in [-0.2, -0.15) is 0 Å². The molecule has 2 heterocycles. The van der Waals surface area contributed by atoms with E-state index in [4.69, 9.17) is 4.74 Å². The lowest BCUT2D eigenvalue weighted by Gasteiger charge is -2.22. The molecule has 0 radical (unpaired) electrons. The molecule has 0 unspecified atom stereocenters. The molecule has 2 atom stereocenters. The molecule has 0 aromatic heterocycles. The van der Waals surface area contributed by atoms with Gasteiger partial charge in [-0.15, -0.1) is 0 Å². The average Bonchev–Trinajstić information content (AvgIpc) is 2.75. The Morgan fingerprint density at radius 3 is 2.85 bits per heavy atom. The van der Waals surface area contributed by atoms with Crippen molar-refractivity contribution in [1.29, 1.82) is 0 Å². The third-order valence-electron chi connectivity index (χ3n) is 4.11. The smallest absolute Gasteiger partial charge is 0.244 e. The van der Waals surface area contributed by atoms with Crippen LogP contribution < -0.4 is 9.64 Å². The van der Waals surface area contributed by atoms with Crippen molar-refractivity contribution in [2.75, 3.05) is 25.6 Å². The van der Waals surface area contributed by atoms with Crippen molar-refractivity contribution in [1.82, 2.24) is 4.90 Å². The molecular formula is C14H18N2O4. The van der Waals surface area contributed by atoms with Crippen molar-refractivity contribution in [3.05, 3.63) is 17.7 Å². The molecule has 6 heteroatoms. The predicted octanol–water partition coefficient (Wildman–Crippen LogP) is 0.312. The quantitative estimate of drug-likeness (QED) is 0.773. The number of carbonyl (C=O) groups is 1. The van der Waals surface area contributed by atoms with Crippen LogP contribution in [0.25, 0.3) is 0 Å². The van der Waals surface area contributed by atoms with Crippen molar-refractivity contribution in [3.63, 3.8) is 0 Å². The number of likely N-dealkylation sites (N-methyl/N-ethyl adjacent to an activating group) is 1. The second-order valence-corrected chi connectivity index (χ2v) is 5.38. The van der Waals surface area contributed by atoms with Crippen LogP contribution in [-0.2, 0) is 11.3 Å². The number of rotatable bonds is 1. The predicted molar refractivity (Wildman–Crippen MR) is 72.9 cm³/mol. The summed E-state index contributed by atoms with van der Waals surface area (Å²) in [5.41, 5.74) is 1.60. The lowest BCUT2D eigenvalue weighted by Crippen LogP contribution is -2.41. The van der Waals surface area contributed by atoms with E-state index in [2.05, 4.69) is 0 Å². The molecule has 1 aromatic rings. The maximum Gasteiger partial charge on any atom is 0.244 e. The minimum atomic E-state index is -0.460. The Bertz CT molecular complexity index is 560. The molecular weight excluding hydrogens is 260 g/mol. The third-order valence-corrected chi connectivity index (χ3v) is 4.11. The number of ether oxygens (including phenoxy) is 1. The Kier molecular flexibility index (Phi) is 3.07. The van der Waals surface area contributed by atoms with E-state index >= 15 is 0 Å². The molecule has 0 bridgehead atoms. The molecule has 3 rings (SSSR count). The van der Waals surface area contributed by atoms with E-state index in [0.717, 1.165) is 5.56 Å². The second kappa shape index (κ2) is 4.64. The van der Waals surface area contributed by atoms with E-state index in [-0.39, 0.29) is 17.7 Å². The molecule has 2 aliphatic heterocycles. The fourth-order valence-electron chi connectivity index (χ4n) is 3.07. The van der Waals surface area contributed by atoms with Crippen LogP contribution in [0.5, 0.6) is 11.5 Å². The van der Waals surface area contributed by atoms with E-state index in [1.54, 1.807) is 24.1 Å². The Labute approximate surface area is 117 Å². The molecule has 1 aromatic carbocycles. The summed E-state index contributed by atoms with van der Waals surface area (Å²) in [7, 11) is 3.19. The number of methoxy groups -OCH3 is 1. The average molecular weight is 278 g/mol. The number of amides is 1. The summed E-state index contributed by atoms with van der Waals surface area (Å²) in [6.07, 6.45) is -0.00166. The number of aliphatic hydroxyl groups excluding tert-OH is 1. The highest BCUT2D eigenvalue weighted by Crippen LogP contribution is 2.38. The number of hydrogen-bond acceptors (Lipinski definition) is 5. The van der Waals surface area contributed by atoms with Crippen LogP contribution in [0.3, 0.4) is 0 Å². The van der Waals surface area contributed by atoms with Crippen LogP contribution in [0.4, 0.5) is 5.69 Å². The first kappa shape index (κ1) is 13.2. The fraction of sp³-hybridized carbons (Fsp3) is 0.500. The van der Waals surface area contributed by atoms with Gasteiger partial charge in [0.2, 0.25) is 5.91 Å². The van der Waals surface area contributed by atoms with Gasteiger partial charge in [0.15, 0.2) is 11.5 Å². The zero-order valence-corrected chi connectivity index (χ0v) is 11.5. The normalized spacial score (nSPS) is 26.1. The highest BCUT2D eigenvalue weighted by molar-refractivity contribution is 5.98. The lowest BCUT2D eigenvalue weighted by molar-refractivity contribution is -0.122. The molecule has 2 aliphatic rings. The number of aromatic hydroxyl groups is 1. The number of nitrogens with zero attached hydrogens (tertiary/aromatic N) is 2. The minimum absolute atomic E-state index is 0.0213. The topological polar surface area (TPSA) is 73.2 Å². The number of phenols is 1. The third kappa shape index (κ3) is 1.92. The fourth-order valence-corrected chi connectivity index (χ4v) is 3.07. The van der Waals surface area contributed by atoms with Crippen LogP contribution in [0.2, 0.25) is 0 Å². The van der Waals surface area contributed by atoms with Crippen molar-refractivity contribution < 1.29 is 19.7 Å². The number of fused-ring (bicyclic) bond motifs is 2. The van der Waals surface area contributed by atoms with Crippen molar-refractivity contribution in [2.24, 2.45) is 0 Å². The van der Waals surface area contributed by atoms with Gasteiger partial charge in [0.1, 0.15) is 0 Å². The largest absolute Gasteiger partial charge is 0.504 e. The summed E-state index contributed by atoms with van der Waals surface area (Å²) >= 11 is 0. The summed E-state index contributed by atoms with van der Waals surface area (Å²) in [4.78, 5) is 16.0. The first-order chi connectivity index (χ1) is 9.51. The molecule has 0 spiro atoms. The summed E-state index contributed by atoms with van der Waals surface area (Å²) < 4.78 is 5.13. The van der Waals surface area contributed by atoms with Crippen LogP contribution in [0, 0.1) is 0 Å². The zero-order valence-electron chi connectivity index (χ0n) is 11.5. The molecule has 6 nitrogen and oxygen atoms in total. The molecule has 1 saturated heterocycles. The minimum Gasteiger partial charge on any atom is -0.504 e. The van der Waals surface area contributed by atoms with Gasteiger partial charge in [0, 0.05) is 26.2 Å². The first-order valence-electron chi connectivity index (χ1n) is 6.61. The van der Waals surface area contributed by atoms with Gasteiger partial charge in [0.05, 0.1) is 24.9 Å². The maximum atomic E-state index is 12.5. The van der Waals surface area contributed by atoms with Gasteiger partial charge in [-0.3, -0.25) is 9.69 Å². The summed E-state index contributed by atoms with van der Waals surface area (Å²) in [5, 5.41) is 19.7. The van der Waals surface area contributed by atoms with E-state index in [1.807, 2.05) is 4.90 Å². The first-order valence-corrected chi connectivity index (χ1v) is 6.61. The molecule has 20 heavy (non-hydrogen) atoms. The zero-order chi connectivity index (χ0) is 14.4. The molecule has 0 aliphatic carbocycles. The van der Waals surface area contributed by atoms with E-state index in [0.29, 0.717) is 30.9 Å². The number of carbonyl (C=O) groups excluding carboxylic acids is 1. The van der Waals surface area contributed by atoms with Crippen LogP contribution in [0.1, 0.15) is 12.0 Å². The number of hydrogen-bond donors (Lipinski definition) is 2. The summed E-state index contributed by atoms with van der Waals surface area (Å²) in [6.45, 7) is 1.05. The van der Waals surface area contributed by atoms with Crippen LogP contribution >= 0.6 is 0 Å². The summed E-state index contributed by atoms with van der Waals surface area (Å²) in [6, 6.07) is 3.02. The molecule has 1 amide bonds. The van der Waals surface area contributed by atoms with Gasteiger partial charge in [0.25, 0.3) is 0 Å². The van der Waals surface area contributed by atoms with Gasteiger partial charge >= 0.3 is 0 Å². The van der Waals surface area contributed by atoms with Gasteiger partial charge < -0.3 is 19.8 Å². The standard InChI is InChI=1S/C14H18N2O4/c1-15-10-5-12(18)13(20-2)3-8(10)6-16-7-9(17)4-11(16)14(15)19/h3,5,9,11,17-18H,4,6-7H2,1-2H3/t9-,11+/m1/s1. The number of benzene rings is 1. The van der Waals surface area contributed by atoms with E-state index in [9.17, 15) is 15.0 Å².